The number of nitrogens with one attached hydrogen (secondary N) is 2. The first-order chi connectivity index (χ1) is 8.78. The van der Waals surface area contributed by atoms with Gasteiger partial charge in [-0.2, -0.15) is 0 Å². The molecule has 0 aliphatic heterocycles. The smallest absolute Gasteiger partial charge is 0.224 e. The number of aromatic nitrogens is 1. The summed E-state index contributed by atoms with van der Waals surface area (Å²) in [6, 6.07) is 3.72. The second-order valence-corrected chi connectivity index (χ2v) is 4.92. The summed E-state index contributed by atoms with van der Waals surface area (Å²) in [5, 5.41) is 5.83. The predicted octanol–water partition coefficient (Wildman–Crippen LogP) is 3.45. The van der Waals surface area contributed by atoms with Crippen molar-refractivity contribution in [2.75, 3.05) is 17.7 Å². The first-order valence-electron chi connectivity index (χ1n) is 6.71. The number of hydrogen-bond acceptors (Lipinski definition) is 3. The van der Waals surface area contributed by atoms with E-state index < -0.39 is 0 Å². The molecule has 0 saturated heterocycles. The number of anilines is 2. The predicted molar refractivity (Wildman–Crippen MR) is 80.9 cm³/mol. The lowest BCUT2D eigenvalue weighted by Gasteiger charge is -2.09. The average Bonchev–Trinajstić information content (AvgIpc) is 2.90. The lowest BCUT2D eigenvalue weighted by atomic mass is 10.0. The zero-order valence-corrected chi connectivity index (χ0v) is 12.1. The molecule has 0 bridgehead atoms. The van der Waals surface area contributed by atoms with Gasteiger partial charge in [0.05, 0.1) is 11.9 Å². The minimum atomic E-state index is 0. The maximum absolute atomic E-state index is 11.8. The Morgan fingerprint density at radius 3 is 2.68 bits per heavy atom. The van der Waals surface area contributed by atoms with Crippen LogP contribution in [0.5, 0.6) is 0 Å². The molecule has 0 atom stereocenters. The van der Waals surface area contributed by atoms with Crippen LogP contribution in [0.3, 0.4) is 0 Å². The highest BCUT2D eigenvalue weighted by Gasteiger charge is 2.16. The standard InChI is InChI=1S/C14H21N3O.ClH/c1-15-13-8-7-12(10-16-13)17-14(18)9-6-11-4-2-3-5-11;/h7-8,10-11H,2-6,9H2,1H3,(H,15,16)(H,17,18);1H. The van der Waals surface area contributed by atoms with E-state index in [1.807, 2.05) is 19.2 Å². The van der Waals surface area contributed by atoms with Gasteiger partial charge in [-0.1, -0.05) is 25.7 Å². The van der Waals surface area contributed by atoms with E-state index >= 15 is 0 Å². The molecule has 2 rings (SSSR count). The summed E-state index contributed by atoms with van der Waals surface area (Å²) in [6.45, 7) is 0. The van der Waals surface area contributed by atoms with E-state index in [1.165, 1.54) is 25.7 Å². The fourth-order valence-electron chi connectivity index (χ4n) is 2.47. The van der Waals surface area contributed by atoms with Crippen molar-refractivity contribution in [3.8, 4) is 0 Å². The Morgan fingerprint density at radius 1 is 1.37 bits per heavy atom. The summed E-state index contributed by atoms with van der Waals surface area (Å²) in [5.41, 5.74) is 0.769. The molecule has 1 amide bonds. The normalized spacial score (nSPS) is 14.8. The van der Waals surface area contributed by atoms with E-state index in [0.717, 1.165) is 23.8 Å². The van der Waals surface area contributed by atoms with Gasteiger partial charge in [0.1, 0.15) is 5.82 Å². The van der Waals surface area contributed by atoms with E-state index in [9.17, 15) is 4.79 Å². The highest BCUT2D eigenvalue weighted by Crippen LogP contribution is 2.28. The van der Waals surface area contributed by atoms with Gasteiger partial charge < -0.3 is 10.6 Å². The van der Waals surface area contributed by atoms with Crippen molar-refractivity contribution in [2.24, 2.45) is 5.92 Å². The molecule has 106 valence electrons. The second-order valence-electron chi connectivity index (χ2n) is 4.92. The highest BCUT2D eigenvalue weighted by molar-refractivity contribution is 5.90. The first-order valence-corrected chi connectivity index (χ1v) is 6.71. The largest absolute Gasteiger partial charge is 0.373 e. The minimum absolute atomic E-state index is 0. The second kappa shape index (κ2) is 8.00. The van der Waals surface area contributed by atoms with Crippen molar-refractivity contribution in [1.82, 2.24) is 4.98 Å². The Balaban J connectivity index is 0.00000180. The molecular weight excluding hydrogens is 262 g/mol. The van der Waals surface area contributed by atoms with Gasteiger partial charge in [0.25, 0.3) is 0 Å². The highest BCUT2D eigenvalue weighted by atomic mass is 35.5. The Kier molecular flexibility index (Phi) is 6.64. The fraction of sp³-hybridized carbons (Fsp3) is 0.571. The summed E-state index contributed by atoms with van der Waals surface area (Å²) >= 11 is 0. The Morgan fingerprint density at radius 2 is 2.11 bits per heavy atom. The summed E-state index contributed by atoms with van der Waals surface area (Å²) in [6.07, 6.45) is 8.59. The van der Waals surface area contributed by atoms with E-state index in [0.29, 0.717) is 6.42 Å². The number of carbonyl (C=O) groups excluding carboxylic acids is 1. The topological polar surface area (TPSA) is 54.0 Å². The van der Waals surface area contributed by atoms with Crippen molar-refractivity contribution in [3.05, 3.63) is 18.3 Å². The van der Waals surface area contributed by atoms with Crippen LogP contribution < -0.4 is 10.6 Å². The van der Waals surface area contributed by atoms with Gasteiger partial charge in [0, 0.05) is 13.5 Å². The van der Waals surface area contributed by atoms with Gasteiger partial charge in [0.15, 0.2) is 0 Å². The monoisotopic (exact) mass is 283 g/mol. The molecule has 1 aliphatic rings. The third-order valence-electron chi connectivity index (χ3n) is 3.56. The van der Waals surface area contributed by atoms with Crippen molar-refractivity contribution in [3.63, 3.8) is 0 Å². The van der Waals surface area contributed by atoms with Gasteiger partial charge in [0.2, 0.25) is 5.91 Å². The third-order valence-corrected chi connectivity index (χ3v) is 3.56. The molecule has 1 heterocycles. The molecule has 4 nitrogen and oxygen atoms in total. The van der Waals surface area contributed by atoms with Gasteiger partial charge in [-0.05, 0) is 24.5 Å². The van der Waals surface area contributed by atoms with Crippen LogP contribution in [0.15, 0.2) is 18.3 Å². The lowest BCUT2D eigenvalue weighted by Crippen LogP contribution is -2.13. The van der Waals surface area contributed by atoms with Crippen molar-refractivity contribution in [1.29, 1.82) is 0 Å². The number of pyridine rings is 1. The molecule has 0 aromatic carbocycles. The van der Waals surface area contributed by atoms with E-state index in [2.05, 4.69) is 15.6 Å². The van der Waals surface area contributed by atoms with Crippen LogP contribution >= 0.6 is 12.4 Å². The number of rotatable bonds is 5. The zero-order chi connectivity index (χ0) is 12.8. The summed E-state index contributed by atoms with van der Waals surface area (Å²) in [5.74, 6) is 1.67. The molecule has 5 heteroatoms. The van der Waals surface area contributed by atoms with Crippen LogP contribution in [0.25, 0.3) is 0 Å². The molecule has 0 radical (unpaired) electrons. The van der Waals surface area contributed by atoms with E-state index in [1.54, 1.807) is 6.20 Å². The minimum Gasteiger partial charge on any atom is -0.373 e. The van der Waals surface area contributed by atoms with Gasteiger partial charge in [-0.15, -0.1) is 12.4 Å². The fourth-order valence-corrected chi connectivity index (χ4v) is 2.47. The van der Waals surface area contributed by atoms with Crippen LogP contribution in [0.4, 0.5) is 11.5 Å². The SMILES string of the molecule is CNc1ccc(NC(=O)CCC2CCCC2)cn1.Cl. The van der Waals surface area contributed by atoms with Gasteiger partial charge >= 0.3 is 0 Å². The van der Waals surface area contributed by atoms with Crippen LogP contribution in [-0.2, 0) is 4.79 Å². The molecule has 0 unspecified atom stereocenters. The molecule has 1 fully saturated rings. The van der Waals surface area contributed by atoms with Crippen LogP contribution in [-0.4, -0.2) is 17.9 Å². The summed E-state index contributed by atoms with van der Waals surface area (Å²) in [7, 11) is 1.82. The molecule has 19 heavy (non-hydrogen) atoms. The zero-order valence-electron chi connectivity index (χ0n) is 11.3. The average molecular weight is 284 g/mol. The number of amides is 1. The van der Waals surface area contributed by atoms with Crippen LogP contribution in [0.2, 0.25) is 0 Å². The molecule has 1 saturated carbocycles. The maximum Gasteiger partial charge on any atom is 0.224 e. The van der Waals surface area contributed by atoms with E-state index in [4.69, 9.17) is 0 Å². The number of carbonyl (C=O) groups is 1. The summed E-state index contributed by atoms with van der Waals surface area (Å²) in [4.78, 5) is 15.9. The maximum atomic E-state index is 11.8. The Bertz CT molecular complexity index is 388. The number of nitrogens with zero attached hydrogens (tertiary/aromatic N) is 1. The molecule has 2 N–H and O–H groups in total. The van der Waals surface area contributed by atoms with Crippen molar-refractivity contribution >= 4 is 29.8 Å². The first kappa shape index (κ1) is 15.8. The molecule has 1 aromatic heterocycles. The van der Waals surface area contributed by atoms with E-state index in [-0.39, 0.29) is 18.3 Å². The molecule has 0 spiro atoms. The van der Waals surface area contributed by atoms with Gasteiger partial charge in [-0.3, -0.25) is 4.79 Å². The summed E-state index contributed by atoms with van der Waals surface area (Å²) < 4.78 is 0. The van der Waals surface area contributed by atoms with Crippen LogP contribution in [0.1, 0.15) is 38.5 Å². The Hall–Kier alpha value is -1.29. The van der Waals surface area contributed by atoms with Gasteiger partial charge in [-0.25, -0.2) is 4.98 Å². The molecular formula is C14H22ClN3O. The molecule has 1 aromatic rings. The van der Waals surface area contributed by atoms with Crippen molar-refractivity contribution < 1.29 is 4.79 Å². The van der Waals surface area contributed by atoms with Crippen molar-refractivity contribution in [2.45, 2.75) is 38.5 Å². The third kappa shape index (κ3) is 5.07. The Labute approximate surface area is 120 Å². The number of hydrogen-bond donors (Lipinski definition) is 2. The van der Waals surface area contributed by atoms with Crippen LogP contribution in [0, 0.1) is 5.92 Å². The quantitative estimate of drug-likeness (QED) is 0.870. The lowest BCUT2D eigenvalue weighted by molar-refractivity contribution is -0.116. The number of halogens is 1. The molecule has 1 aliphatic carbocycles.